The lowest BCUT2D eigenvalue weighted by Gasteiger charge is -2.06. The number of hydrogen-bond acceptors (Lipinski definition) is 2. The quantitative estimate of drug-likeness (QED) is 0.573. The molecule has 2 aromatic rings. The SMILES string of the molecule is Cc1cccc(OCCSc2ccc(Cl)cc2)c1. The summed E-state index contributed by atoms with van der Waals surface area (Å²) >= 11 is 7.60. The van der Waals surface area contributed by atoms with E-state index in [1.807, 2.05) is 42.5 Å². The molecule has 0 aromatic heterocycles. The minimum Gasteiger partial charge on any atom is -0.493 e. The molecule has 0 N–H and O–H groups in total. The van der Waals surface area contributed by atoms with E-state index in [2.05, 4.69) is 13.0 Å². The van der Waals surface area contributed by atoms with Crippen LogP contribution in [0.15, 0.2) is 53.4 Å². The number of rotatable bonds is 5. The van der Waals surface area contributed by atoms with Gasteiger partial charge in [-0.05, 0) is 48.9 Å². The first-order valence-electron chi connectivity index (χ1n) is 5.82. The molecule has 0 aliphatic carbocycles. The van der Waals surface area contributed by atoms with Crippen LogP contribution < -0.4 is 4.74 Å². The zero-order valence-corrected chi connectivity index (χ0v) is 11.8. The van der Waals surface area contributed by atoms with E-state index in [-0.39, 0.29) is 0 Å². The predicted molar refractivity (Wildman–Crippen MR) is 78.9 cm³/mol. The molecule has 0 radical (unpaired) electrons. The van der Waals surface area contributed by atoms with Crippen molar-refractivity contribution in [3.8, 4) is 5.75 Å². The molecule has 0 amide bonds. The Morgan fingerprint density at radius 3 is 2.61 bits per heavy atom. The summed E-state index contributed by atoms with van der Waals surface area (Å²) in [6, 6.07) is 16.0. The fourth-order valence-corrected chi connectivity index (χ4v) is 2.41. The Labute approximate surface area is 117 Å². The van der Waals surface area contributed by atoms with Crippen LogP contribution in [0.3, 0.4) is 0 Å². The van der Waals surface area contributed by atoms with Crippen molar-refractivity contribution in [2.45, 2.75) is 11.8 Å². The first kappa shape index (κ1) is 13.3. The van der Waals surface area contributed by atoms with E-state index in [0.717, 1.165) is 16.5 Å². The van der Waals surface area contributed by atoms with Crippen LogP contribution in [0.5, 0.6) is 5.75 Å². The van der Waals surface area contributed by atoms with Crippen LogP contribution in [0.2, 0.25) is 5.02 Å². The van der Waals surface area contributed by atoms with E-state index in [1.54, 1.807) is 11.8 Å². The van der Waals surface area contributed by atoms with Gasteiger partial charge in [0.15, 0.2) is 0 Å². The van der Waals surface area contributed by atoms with Crippen molar-refractivity contribution in [2.75, 3.05) is 12.4 Å². The molecule has 0 heterocycles. The largest absolute Gasteiger partial charge is 0.493 e. The molecule has 0 saturated heterocycles. The Balaban J connectivity index is 1.74. The van der Waals surface area contributed by atoms with Crippen LogP contribution in [-0.2, 0) is 0 Å². The van der Waals surface area contributed by atoms with Gasteiger partial charge in [-0.2, -0.15) is 0 Å². The molecule has 0 bridgehead atoms. The van der Waals surface area contributed by atoms with Crippen LogP contribution in [0.4, 0.5) is 0 Å². The molecular formula is C15H15ClOS. The van der Waals surface area contributed by atoms with Gasteiger partial charge in [-0.15, -0.1) is 11.8 Å². The van der Waals surface area contributed by atoms with Crippen molar-refractivity contribution < 1.29 is 4.74 Å². The van der Waals surface area contributed by atoms with Crippen LogP contribution in [0, 0.1) is 6.92 Å². The lowest BCUT2D eigenvalue weighted by Crippen LogP contribution is -1.99. The van der Waals surface area contributed by atoms with E-state index in [4.69, 9.17) is 16.3 Å². The molecule has 0 aliphatic rings. The maximum Gasteiger partial charge on any atom is 0.119 e. The fourth-order valence-electron chi connectivity index (χ4n) is 1.55. The molecule has 0 spiro atoms. The van der Waals surface area contributed by atoms with Crippen LogP contribution in [-0.4, -0.2) is 12.4 Å². The first-order chi connectivity index (χ1) is 8.74. The third kappa shape index (κ3) is 4.28. The summed E-state index contributed by atoms with van der Waals surface area (Å²) < 4.78 is 5.69. The summed E-state index contributed by atoms with van der Waals surface area (Å²) in [7, 11) is 0. The summed E-state index contributed by atoms with van der Waals surface area (Å²) in [5, 5.41) is 0.773. The molecule has 0 aliphatic heterocycles. The van der Waals surface area contributed by atoms with E-state index < -0.39 is 0 Å². The summed E-state index contributed by atoms with van der Waals surface area (Å²) in [6.07, 6.45) is 0. The second-order valence-corrected chi connectivity index (χ2v) is 5.57. The third-order valence-corrected chi connectivity index (χ3v) is 3.65. The Bertz CT molecular complexity index is 496. The van der Waals surface area contributed by atoms with Gasteiger partial charge in [0.2, 0.25) is 0 Å². The molecule has 1 nitrogen and oxygen atoms in total. The Hall–Kier alpha value is -1.12. The first-order valence-corrected chi connectivity index (χ1v) is 7.18. The number of halogens is 1. The topological polar surface area (TPSA) is 9.23 Å². The van der Waals surface area contributed by atoms with Gasteiger partial charge in [0, 0.05) is 15.7 Å². The van der Waals surface area contributed by atoms with Crippen molar-refractivity contribution in [2.24, 2.45) is 0 Å². The average molecular weight is 279 g/mol. The number of benzene rings is 2. The monoisotopic (exact) mass is 278 g/mol. The molecule has 2 aromatic carbocycles. The van der Waals surface area contributed by atoms with Gasteiger partial charge in [0.1, 0.15) is 5.75 Å². The molecule has 94 valence electrons. The summed E-state index contributed by atoms with van der Waals surface area (Å²) in [5.74, 6) is 1.86. The Kier molecular flexibility index (Phi) is 4.97. The summed E-state index contributed by atoms with van der Waals surface area (Å²) in [5.41, 5.74) is 1.22. The van der Waals surface area contributed by atoms with Crippen molar-refractivity contribution in [1.29, 1.82) is 0 Å². The third-order valence-electron chi connectivity index (χ3n) is 2.42. The maximum atomic E-state index is 5.83. The van der Waals surface area contributed by atoms with Crippen LogP contribution in [0.25, 0.3) is 0 Å². The second-order valence-electron chi connectivity index (χ2n) is 3.97. The second kappa shape index (κ2) is 6.72. The highest BCUT2D eigenvalue weighted by atomic mass is 35.5. The number of aryl methyl sites for hydroxylation is 1. The minimum absolute atomic E-state index is 0.705. The van der Waals surface area contributed by atoms with Crippen LogP contribution in [0.1, 0.15) is 5.56 Å². The molecule has 0 fully saturated rings. The van der Waals surface area contributed by atoms with Crippen molar-refractivity contribution in [3.63, 3.8) is 0 Å². The van der Waals surface area contributed by atoms with Crippen molar-refractivity contribution >= 4 is 23.4 Å². The fraction of sp³-hybridized carbons (Fsp3) is 0.200. The number of ether oxygens (including phenoxy) is 1. The van der Waals surface area contributed by atoms with Crippen molar-refractivity contribution in [1.82, 2.24) is 0 Å². The van der Waals surface area contributed by atoms with E-state index in [9.17, 15) is 0 Å². The van der Waals surface area contributed by atoms with Gasteiger partial charge in [-0.3, -0.25) is 0 Å². The van der Waals surface area contributed by atoms with Gasteiger partial charge < -0.3 is 4.74 Å². The van der Waals surface area contributed by atoms with Crippen LogP contribution >= 0.6 is 23.4 Å². The Morgan fingerprint density at radius 2 is 1.89 bits per heavy atom. The average Bonchev–Trinajstić information content (AvgIpc) is 2.37. The van der Waals surface area contributed by atoms with E-state index >= 15 is 0 Å². The lowest BCUT2D eigenvalue weighted by atomic mass is 10.2. The summed E-state index contributed by atoms with van der Waals surface area (Å²) in [6.45, 7) is 2.77. The van der Waals surface area contributed by atoms with Gasteiger partial charge in [-0.1, -0.05) is 23.7 Å². The summed E-state index contributed by atoms with van der Waals surface area (Å²) in [4.78, 5) is 1.22. The molecule has 0 unspecified atom stereocenters. The van der Waals surface area contributed by atoms with Crippen molar-refractivity contribution in [3.05, 3.63) is 59.1 Å². The predicted octanol–water partition coefficient (Wildman–Crippen LogP) is 4.82. The van der Waals surface area contributed by atoms with Gasteiger partial charge in [0.05, 0.1) is 6.61 Å². The van der Waals surface area contributed by atoms with E-state index in [1.165, 1.54) is 10.5 Å². The van der Waals surface area contributed by atoms with Gasteiger partial charge in [0.25, 0.3) is 0 Å². The minimum atomic E-state index is 0.705. The Morgan fingerprint density at radius 1 is 1.11 bits per heavy atom. The normalized spacial score (nSPS) is 10.3. The highest BCUT2D eigenvalue weighted by Crippen LogP contribution is 2.20. The molecule has 3 heteroatoms. The molecular weight excluding hydrogens is 264 g/mol. The number of hydrogen-bond donors (Lipinski definition) is 0. The zero-order valence-electron chi connectivity index (χ0n) is 10.2. The zero-order chi connectivity index (χ0) is 12.8. The highest BCUT2D eigenvalue weighted by Gasteiger charge is 1.96. The standard InChI is InChI=1S/C15H15ClOS/c1-12-3-2-4-14(11-12)17-9-10-18-15-7-5-13(16)6-8-15/h2-8,11H,9-10H2,1H3. The maximum absolute atomic E-state index is 5.83. The van der Waals surface area contributed by atoms with Gasteiger partial charge >= 0.3 is 0 Å². The molecule has 2 rings (SSSR count). The highest BCUT2D eigenvalue weighted by molar-refractivity contribution is 7.99. The number of thioether (sulfide) groups is 1. The lowest BCUT2D eigenvalue weighted by molar-refractivity contribution is 0.344. The van der Waals surface area contributed by atoms with Gasteiger partial charge in [-0.25, -0.2) is 0 Å². The molecule has 0 saturated carbocycles. The van der Waals surface area contributed by atoms with E-state index in [0.29, 0.717) is 6.61 Å². The molecule has 18 heavy (non-hydrogen) atoms. The molecule has 0 atom stereocenters. The smallest absolute Gasteiger partial charge is 0.119 e.